The molecule has 1 fully saturated rings. The molecular weight excluding hydrogens is 362 g/mol. The Hall–Kier alpha value is -2.38. The van der Waals surface area contributed by atoms with E-state index in [1.165, 1.54) is 6.07 Å². The van der Waals surface area contributed by atoms with Crippen LogP contribution >= 0.6 is 0 Å². The van der Waals surface area contributed by atoms with Gasteiger partial charge >= 0.3 is 0 Å². The second kappa shape index (κ2) is 8.10. The second-order valence-electron chi connectivity index (χ2n) is 6.95. The Bertz CT molecular complexity index is 935. The molecule has 3 N–H and O–H groups in total. The van der Waals surface area contributed by atoms with Gasteiger partial charge in [-0.2, -0.15) is 0 Å². The number of amides is 1. The second-order valence-corrected chi connectivity index (χ2v) is 8.60. The minimum absolute atomic E-state index is 0.131. The molecule has 3 rings (SSSR count). The number of carbonyl (C=O) groups is 1. The Morgan fingerprint density at radius 3 is 2.59 bits per heavy atom. The zero-order valence-electron chi connectivity index (χ0n) is 15.6. The highest BCUT2D eigenvalue weighted by Crippen LogP contribution is 2.24. The van der Waals surface area contributed by atoms with Crippen molar-refractivity contribution in [3.05, 3.63) is 53.6 Å². The van der Waals surface area contributed by atoms with E-state index in [1.54, 1.807) is 37.3 Å². The van der Waals surface area contributed by atoms with Crippen molar-refractivity contribution >= 4 is 27.3 Å². The van der Waals surface area contributed by atoms with E-state index in [0.717, 1.165) is 31.4 Å². The van der Waals surface area contributed by atoms with Crippen molar-refractivity contribution in [3.8, 4) is 0 Å². The van der Waals surface area contributed by atoms with Gasteiger partial charge in [-0.3, -0.25) is 9.52 Å². The van der Waals surface area contributed by atoms with E-state index < -0.39 is 10.0 Å². The standard InChI is InChI=1S/C20H25N3O3S/c1-14-6-5-7-17(12-14)23-27(25,26)19-13-16(10-9-15(19)2)22-20(24)18-8-3-4-11-21-18/h5-7,9-10,12-13,18,21,23H,3-4,8,11H2,1-2H3,(H,22,24). The SMILES string of the molecule is Cc1cccc(NS(=O)(=O)c2cc(NC(=O)C3CCCCN3)ccc2C)c1. The zero-order valence-corrected chi connectivity index (χ0v) is 16.4. The lowest BCUT2D eigenvalue weighted by molar-refractivity contribution is -0.118. The number of anilines is 2. The fourth-order valence-electron chi connectivity index (χ4n) is 3.19. The van der Waals surface area contributed by atoms with E-state index in [4.69, 9.17) is 0 Å². The van der Waals surface area contributed by atoms with Crippen molar-refractivity contribution < 1.29 is 13.2 Å². The number of hydrogen-bond acceptors (Lipinski definition) is 4. The Morgan fingerprint density at radius 2 is 1.89 bits per heavy atom. The molecule has 1 amide bonds. The molecule has 27 heavy (non-hydrogen) atoms. The number of aryl methyl sites for hydroxylation is 2. The van der Waals surface area contributed by atoms with Crippen molar-refractivity contribution in [1.29, 1.82) is 0 Å². The van der Waals surface area contributed by atoms with Crippen LogP contribution in [0.25, 0.3) is 0 Å². The summed E-state index contributed by atoms with van der Waals surface area (Å²) in [6.07, 6.45) is 2.87. The van der Waals surface area contributed by atoms with Crippen molar-refractivity contribution in [2.24, 2.45) is 0 Å². The third-order valence-corrected chi connectivity index (χ3v) is 6.17. The summed E-state index contributed by atoms with van der Waals surface area (Å²) in [4.78, 5) is 12.6. The molecule has 7 heteroatoms. The molecule has 0 saturated carbocycles. The van der Waals surface area contributed by atoms with E-state index in [1.807, 2.05) is 13.0 Å². The summed E-state index contributed by atoms with van der Waals surface area (Å²) in [5.41, 5.74) is 2.56. The minimum Gasteiger partial charge on any atom is -0.325 e. The summed E-state index contributed by atoms with van der Waals surface area (Å²) >= 11 is 0. The largest absolute Gasteiger partial charge is 0.325 e. The topological polar surface area (TPSA) is 87.3 Å². The summed E-state index contributed by atoms with van der Waals surface area (Å²) < 4.78 is 28.3. The van der Waals surface area contributed by atoms with E-state index in [2.05, 4.69) is 15.4 Å². The fraction of sp³-hybridized carbons (Fsp3) is 0.350. The number of carbonyl (C=O) groups excluding carboxylic acids is 1. The summed E-state index contributed by atoms with van der Waals surface area (Å²) in [5, 5.41) is 6.02. The van der Waals surface area contributed by atoms with Crippen molar-refractivity contribution in [2.75, 3.05) is 16.6 Å². The van der Waals surface area contributed by atoms with Crippen molar-refractivity contribution in [2.45, 2.75) is 44.0 Å². The maximum absolute atomic E-state index is 12.8. The van der Waals surface area contributed by atoms with Gasteiger partial charge in [-0.05, 0) is 68.6 Å². The highest BCUT2D eigenvalue weighted by atomic mass is 32.2. The molecule has 1 heterocycles. The van der Waals surface area contributed by atoms with Gasteiger partial charge in [0.05, 0.1) is 10.9 Å². The van der Waals surface area contributed by atoms with Crippen LogP contribution in [0.2, 0.25) is 0 Å². The molecule has 1 saturated heterocycles. The average molecular weight is 388 g/mol. The van der Waals surface area contributed by atoms with Gasteiger partial charge < -0.3 is 10.6 Å². The van der Waals surface area contributed by atoms with Crippen LogP contribution in [0.4, 0.5) is 11.4 Å². The molecule has 1 unspecified atom stereocenters. The van der Waals surface area contributed by atoms with Crippen LogP contribution in [0.3, 0.4) is 0 Å². The molecule has 1 aliphatic heterocycles. The lowest BCUT2D eigenvalue weighted by Crippen LogP contribution is -2.43. The first-order valence-corrected chi connectivity index (χ1v) is 10.6. The first-order chi connectivity index (χ1) is 12.8. The third-order valence-electron chi connectivity index (χ3n) is 4.64. The van der Waals surface area contributed by atoms with Gasteiger partial charge in [-0.15, -0.1) is 0 Å². The van der Waals surface area contributed by atoms with E-state index in [9.17, 15) is 13.2 Å². The molecule has 2 aromatic carbocycles. The summed E-state index contributed by atoms with van der Waals surface area (Å²) in [7, 11) is -3.76. The molecule has 1 atom stereocenters. The molecular formula is C20H25N3O3S. The van der Waals surface area contributed by atoms with Gasteiger partial charge in [0, 0.05) is 11.4 Å². The van der Waals surface area contributed by atoms with Crippen molar-refractivity contribution in [1.82, 2.24) is 5.32 Å². The maximum Gasteiger partial charge on any atom is 0.262 e. The van der Waals surface area contributed by atoms with Crippen LogP contribution < -0.4 is 15.4 Å². The fourth-order valence-corrected chi connectivity index (χ4v) is 4.51. The molecule has 144 valence electrons. The average Bonchev–Trinajstić information content (AvgIpc) is 2.63. The van der Waals surface area contributed by atoms with E-state index in [-0.39, 0.29) is 16.8 Å². The quantitative estimate of drug-likeness (QED) is 0.735. The first-order valence-electron chi connectivity index (χ1n) is 9.09. The Balaban J connectivity index is 1.80. The molecule has 1 aliphatic rings. The smallest absolute Gasteiger partial charge is 0.262 e. The molecule has 0 aromatic heterocycles. The molecule has 0 aliphatic carbocycles. The zero-order chi connectivity index (χ0) is 19.4. The van der Waals surface area contributed by atoms with Crippen LogP contribution in [0.15, 0.2) is 47.4 Å². The highest BCUT2D eigenvalue weighted by molar-refractivity contribution is 7.92. The lowest BCUT2D eigenvalue weighted by Gasteiger charge is -2.22. The van der Waals surface area contributed by atoms with Gasteiger partial charge in [0.2, 0.25) is 5.91 Å². The van der Waals surface area contributed by atoms with Crippen LogP contribution in [-0.2, 0) is 14.8 Å². The predicted octanol–water partition coefficient (Wildman–Crippen LogP) is 3.18. The van der Waals surface area contributed by atoms with E-state index >= 15 is 0 Å². The molecule has 0 radical (unpaired) electrons. The van der Waals surface area contributed by atoms with Crippen molar-refractivity contribution in [3.63, 3.8) is 0 Å². The minimum atomic E-state index is -3.76. The summed E-state index contributed by atoms with van der Waals surface area (Å²) in [5.74, 6) is -0.131. The predicted molar refractivity (Wildman–Crippen MR) is 107 cm³/mol. The van der Waals surface area contributed by atoms with Gasteiger partial charge in [0.25, 0.3) is 10.0 Å². The monoisotopic (exact) mass is 387 g/mol. The number of rotatable bonds is 5. The van der Waals surface area contributed by atoms with Crippen LogP contribution in [-0.4, -0.2) is 26.9 Å². The third kappa shape index (κ3) is 4.87. The molecule has 0 bridgehead atoms. The van der Waals surface area contributed by atoms with Crippen LogP contribution in [0, 0.1) is 13.8 Å². The highest BCUT2D eigenvalue weighted by Gasteiger charge is 2.22. The van der Waals surface area contributed by atoms with Gasteiger partial charge in [-0.1, -0.05) is 24.6 Å². The summed E-state index contributed by atoms with van der Waals surface area (Å²) in [6.45, 7) is 4.46. The van der Waals surface area contributed by atoms with Crippen LogP contribution in [0.1, 0.15) is 30.4 Å². The molecule has 2 aromatic rings. The van der Waals surface area contributed by atoms with E-state index in [0.29, 0.717) is 16.9 Å². The number of piperidine rings is 1. The molecule has 0 spiro atoms. The molecule has 6 nitrogen and oxygen atoms in total. The number of benzene rings is 2. The van der Waals surface area contributed by atoms with Gasteiger partial charge in [-0.25, -0.2) is 8.42 Å². The Kier molecular flexibility index (Phi) is 5.82. The first kappa shape index (κ1) is 19.4. The number of nitrogens with one attached hydrogen (secondary N) is 3. The van der Waals surface area contributed by atoms with Crippen LogP contribution in [0.5, 0.6) is 0 Å². The maximum atomic E-state index is 12.8. The summed E-state index contributed by atoms with van der Waals surface area (Å²) in [6, 6.07) is 11.9. The Labute approximate surface area is 160 Å². The normalized spacial score (nSPS) is 17.3. The number of sulfonamides is 1. The Morgan fingerprint density at radius 1 is 1.07 bits per heavy atom. The lowest BCUT2D eigenvalue weighted by atomic mass is 10.0. The van der Waals surface area contributed by atoms with Gasteiger partial charge in [0.1, 0.15) is 0 Å². The van der Waals surface area contributed by atoms with Gasteiger partial charge in [0.15, 0.2) is 0 Å². The number of hydrogen-bond donors (Lipinski definition) is 3.